The maximum Gasteiger partial charge on any atom is 0.180 e. The molecule has 0 saturated heterocycles. The Kier molecular flexibility index (Phi) is 4.29. The van der Waals surface area contributed by atoms with E-state index in [0.717, 1.165) is 37.4 Å². The van der Waals surface area contributed by atoms with Gasteiger partial charge in [-0.2, -0.15) is 5.10 Å². The summed E-state index contributed by atoms with van der Waals surface area (Å²) in [6.45, 7) is 4.42. The van der Waals surface area contributed by atoms with E-state index in [2.05, 4.69) is 22.3 Å². The molecule has 0 bridgehead atoms. The summed E-state index contributed by atoms with van der Waals surface area (Å²) >= 11 is 0. The first-order valence-corrected chi connectivity index (χ1v) is 7.81. The Morgan fingerprint density at radius 2 is 2.33 bits per heavy atom. The van der Waals surface area contributed by atoms with E-state index in [4.69, 9.17) is 4.98 Å². The first-order chi connectivity index (χ1) is 10.3. The molecule has 2 aromatic heterocycles. The van der Waals surface area contributed by atoms with Crippen LogP contribution in [0.15, 0.2) is 18.5 Å². The first kappa shape index (κ1) is 14.2. The third-order valence-electron chi connectivity index (χ3n) is 4.05. The highest BCUT2D eigenvalue weighted by atomic mass is 15.3. The highest BCUT2D eigenvalue weighted by Crippen LogP contribution is 2.25. The van der Waals surface area contributed by atoms with Gasteiger partial charge in [0, 0.05) is 25.1 Å². The number of hydrogen-bond acceptors (Lipinski definition) is 4. The quantitative estimate of drug-likeness (QED) is 0.854. The summed E-state index contributed by atoms with van der Waals surface area (Å²) in [6, 6.07) is 1.96. The third-order valence-corrected chi connectivity index (χ3v) is 4.05. The van der Waals surface area contributed by atoms with Gasteiger partial charge in [0.05, 0.1) is 0 Å². The molecule has 0 radical (unpaired) electrons. The maximum absolute atomic E-state index is 4.72. The molecule has 2 aromatic rings. The van der Waals surface area contributed by atoms with Gasteiger partial charge in [-0.05, 0) is 56.3 Å². The van der Waals surface area contributed by atoms with Gasteiger partial charge in [0.25, 0.3) is 0 Å². The molecular weight excluding hydrogens is 262 g/mol. The topological polar surface area (TPSA) is 55.6 Å². The lowest BCUT2D eigenvalue weighted by atomic mass is 9.87. The summed E-state index contributed by atoms with van der Waals surface area (Å²) in [5, 5.41) is 7.90. The maximum atomic E-state index is 4.72. The summed E-state index contributed by atoms with van der Waals surface area (Å²) in [7, 11) is 1.91. The van der Waals surface area contributed by atoms with Crippen LogP contribution in [-0.4, -0.2) is 32.8 Å². The molecule has 1 aliphatic carbocycles. The summed E-state index contributed by atoms with van der Waals surface area (Å²) in [4.78, 5) is 9.22. The Labute approximate surface area is 125 Å². The minimum Gasteiger partial charge on any atom is -0.316 e. The van der Waals surface area contributed by atoms with Crippen LogP contribution in [0.5, 0.6) is 0 Å². The van der Waals surface area contributed by atoms with Gasteiger partial charge < -0.3 is 5.32 Å². The van der Waals surface area contributed by atoms with Crippen LogP contribution in [0.2, 0.25) is 0 Å². The monoisotopic (exact) mass is 285 g/mol. The lowest BCUT2D eigenvalue weighted by Gasteiger charge is -2.24. The smallest absolute Gasteiger partial charge is 0.180 e. The van der Waals surface area contributed by atoms with Crippen molar-refractivity contribution in [1.29, 1.82) is 0 Å². The average molecular weight is 285 g/mol. The average Bonchev–Trinajstić information content (AvgIpc) is 2.93. The van der Waals surface area contributed by atoms with E-state index in [1.54, 1.807) is 4.68 Å². The van der Waals surface area contributed by atoms with E-state index in [-0.39, 0.29) is 0 Å². The summed E-state index contributed by atoms with van der Waals surface area (Å²) in [6.07, 6.45) is 8.47. The molecule has 0 fully saturated rings. The number of nitrogens with zero attached hydrogens (tertiary/aromatic N) is 4. The van der Waals surface area contributed by atoms with E-state index >= 15 is 0 Å². The lowest BCUT2D eigenvalue weighted by Crippen LogP contribution is -2.28. The van der Waals surface area contributed by atoms with Crippen LogP contribution in [0.25, 0.3) is 11.5 Å². The molecule has 3 rings (SSSR count). The molecule has 5 heteroatoms. The fourth-order valence-corrected chi connectivity index (χ4v) is 2.90. The standard InChI is InChI=1S/C16H23N5/c1-3-7-17-10-12-4-5-14-13(9-12)11-18-16(19-14)15-6-8-21(2)20-15/h6,8,11-12,17H,3-5,7,9-10H2,1-2H3. The molecule has 1 aliphatic rings. The fourth-order valence-electron chi connectivity index (χ4n) is 2.90. The van der Waals surface area contributed by atoms with Crippen LogP contribution in [0.3, 0.4) is 0 Å². The number of fused-ring (bicyclic) bond motifs is 1. The fraction of sp³-hybridized carbons (Fsp3) is 0.562. The second-order valence-electron chi connectivity index (χ2n) is 5.85. The third kappa shape index (κ3) is 3.29. The summed E-state index contributed by atoms with van der Waals surface area (Å²) < 4.78 is 1.79. The van der Waals surface area contributed by atoms with E-state index in [1.807, 2.05) is 25.5 Å². The number of aromatic nitrogens is 4. The molecule has 0 aromatic carbocycles. The zero-order valence-corrected chi connectivity index (χ0v) is 12.8. The van der Waals surface area contributed by atoms with Gasteiger partial charge in [-0.1, -0.05) is 6.92 Å². The van der Waals surface area contributed by atoms with Gasteiger partial charge >= 0.3 is 0 Å². The van der Waals surface area contributed by atoms with Crippen molar-refractivity contribution in [3.8, 4) is 11.5 Å². The Morgan fingerprint density at radius 3 is 3.10 bits per heavy atom. The number of nitrogens with one attached hydrogen (secondary N) is 1. The van der Waals surface area contributed by atoms with E-state index < -0.39 is 0 Å². The van der Waals surface area contributed by atoms with Crippen LogP contribution in [0, 0.1) is 5.92 Å². The van der Waals surface area contributed by atoms with Crippen molar-refractivity contribution < 1.29 is 0 Å². The molecule has 0 amide bonds. The van der Waals surface area contributed by atoms with Crippen molar-refractivity contribution >= 4 is 0 Å². The molecule has 21 heavy (non-hydrogen) atoms. The van der Waals surface area contributed by atoms with Crippen molar-refractivity contribution in [2.45, 2.75) is 32.6 Å². The number of aryl methyl sites for hydroxylation is 2. The van der Waals surface area contributed by atoms with Crippen LogP contribution < -0.4 is 5.32 Å². The van der Waals surface area contributed by atoms with E-state index in [1.165, 1.54) is 24.1 Å². The van der Waals surface area contributed by atoms with Crippen LogP contribution in [0.1, 0.15) is 31.0 Å². The van der Waals surface area contributed by atoms with Gasteiger partial charge in [-0.15, -0.1) is 0 Å². The minimum absolute atomic E-state index is 0.716. The highest BCUT2D eigenvalue weighted by molar-refractivity contribution is 5.48. The minimum atomic E-state index is 0.716. The molecule has 0 saturated carbocycles. The van der Waals surface area contributed by atoms with Crippen molar-refractivity contribution in [2.24, 2.45) is 13.0 Å². The van der Waals surface area contributed by atoms with Crippen LogP contribution >= 0.6 is 0 Å². The van der Waals surface area contributed by atoms with Gasteiger partial charge in [0.15, 0.2) is 5.82 Å². The van der Waals surface area contributed by atoms with Gasteiger partial charge in [0.1, 0.15) is 5.69 Å². The largest absolute Gasteiger partial charge is 0.316 e. The van der Waals surface area contributed by atoms with Crippen molar-refractivity contribution in [2.75, 3.05) is 13.1 Å². The number of hydrogen-bond donors (Lipinski definition) is 1. The normalized spacial score (nSPS) is 17.7. The molecule has 2 heterocycles. The molecule has 0 aliphatic heterocycles. The lowest BCUT2D eigenvalue weighted by molar-refractivity contribution is 0.420. The summed E-state index contributed by atoms with van der Waals surface area (Å²) in [5.41, 5.74) is 3.37. The van der Waals surface area contributed by atoms with Crippen molar-refractivity contribution in [3.05, 3.63) is 29.7 Å². The molecule has 1 unspecified atom stereocenters. The second-order valence-corrected chi connectivity index (χ2v) is 5.85. The highest BCUT2D eigenvalue weighted by Gasteiger charge is 2.20. The predicted molar refractivity (Wildman–Crippen MR) is 82.9 cm³/mol. The molecule has 1 N–H and O–H groups in total. The van der Waals surface area contributed by atoms with Crippen molar-refractivity contribution in [1.82, 2.24) is 25.1 Å². The van der Waals surface area contributed by atoms with E-state index in [9.17, 15) is 0 Å². The molecule has 1 atom stereocenters. The molecule has 112 valence electrons. The summed E-state index contributed by atoms with van der Waals surface area (Å²) in [5.74, 6) is 1.46. The van der Waals surface area contributed by atoms with Gasteiger partial charge in [-0.25, -0.2) is 9.97 Å². The van der Waals surface area contributed by atoms with E-state index in [0.29, 0.717) is 5.92 Å². The predicted octanol–water partition coefficient (Wildman–Crippen LogP) is 1.98. The van der Waals surface area contributed by atoms with Crippen LogP contribution in [-0.2, 0) is 19.9 Å². The molecule has 5 nitrogen and oxygen atoms in total. The molecule has 0 spiro atoms. The Balaban J connectivity index is 1.71. The Hall–Kier alpha value is -1.75. The molecular formula is C16H23N5. The zero-order valence-electron chi connectivity index (χ0n) is 12.8. The van der Waals surface area contributed by atoms with Crippen LogP contribution in [0.4, 0.5) is 0 Å². The van der Waals surface area contributed by atoms with Gasteiger partial charge in [0.2, 0.25) is 0 Å². The van der Waals surface area contributed by atoms with Crippen molar-refractivity contribution in [3.63, 3.8) is 0 Å². The Bertz CT molecular complexity index is 604. The Morgan fingerprint density at radius 1 is 1.43 bits per heavy atom. The second kappa shape index (κ2) is 6.35. The zero-order chi connectivity index (χ0) is 14.7. The van der Waals surface area contributed by atoms with Gasteiger partial charge in [-0.3, -0.25) is 4.68 Å². The SMILES string of the molecule is CCCNCC1CCc2nc(-c3ccn(C)n3)ncc2C1. The number of rotatable bonds is 5. The first-order valence-electron chi connectivity index (χ1n) is 7.81.